The fraction of sp³-hybridized carbons (Fsp3) is 0.333. The molecule has 0 fully saturated rings. The van der Waals surface area contributed by atoms with Crippen LogP contribution in [-0.2, 0) is 4.79 Å². The fourth-order valence-electron chi connectivity index (χ4n) is 1.52. The minimum atomic E-state index is -0.508. The molecule has 0 radical (unpaired) electrons. The van der Waals surface area contributed by atoms with Crippen molar-refractivity contribution < 1.29 is 19.1 Å². The summed E-state index contributed by atoms with van der Waals surface area (Å²) in [6.07, 6.45) is -0.370. The van der Waals surface area contributed by atoms with E-state index in [-0.39, 0.29) is 35.1 Å². The van der Waals surface area contributed by atoms with Crippen LogP contribution in [0.4, 0.5) is 5.69 Å². The topological polar surface area (TPSA) is 82.0 Å². The molecule has 0 spiro atoms. The highest BCUT2D eigenvalue weighted by Crippen LogP contribution is 2.36. The summed E-state index contributed by atoms with van der Waals surface area (Å²) < 4.78 is 9.95. The predicted octanol–water partition coefficient (Wildman–Crippen LogP) is 2.48. The van der Waals surface area contributed by atoms with Gasteiger partial charge in [0, 0.05) is 6.07 Å². The standard InChI is InChI=1S/C12H12ClNO5/c1-18-8-4-9(11(16)3-7(15)6-13)12(19-2)10(5-8)14-17/h4-5H,3,6H2,1-2H3. The van der Waals surface area contributed by atoms with Crippen molar-refractivity contribution in [2.45, 2.75) is 6.42 Å². The zero-order valence-corrected chi connectivity index (χ0v) is 11.2. The molecule has 0 amide bonds. The molecule has 7 heteroatoms. The Morgan fingerprint density at radius 1 is 1.26 bits per heavy atom. The van der Waals surface area contributed by atoms with E-state index >= 15 is 0 Å². The number of ether oxygens (including phenoxy) is 2. The number of alkyl halides is 1. The maximum atomic E-state index is 12.0. The van der Waals surface area contributed by atoms with E-state index in [2.05, 4.69) is 5.18 Å². The van der Waals surface area contributed by atoms with Crippen molar-refractivity contribution in [3.05, 3.63) is 22.6 Å². The van der Waals surface area contributed by atoms with E-state index in [0.29, 0.717) is 0 Å². The SMILES string of the molecule is COc1cc(N=O)c(OC)c(C(=O)CC(=O)CCl)c1. The van der Waals surface area contributed by atoms with E-state index in [9.17, 15) is 14.5 Å². The molecule has 0 aliphatic carbocycles. The first-order chi connectivity index (χ1) is 9.07. The lowest BCUT2D eigenvalue weighted by Gasteiger charge is -2.10. The van der Waals surface area contributed by atoms with Crippen LogP contribution in [0.15, 0.2) is 17.3 Å². The number of ketones is 2. The Hall–Kier alpha value is -1.95. The Morgan fingerprint density at radius 3 is 2.42 bits per heavy atom. The zero-order valence-electron chi connectivity index (χ0n) is 10.4. The molecule has 0 bridgehead atoms. The van der Waals surface area contributed by atoms with Crippen molar-refractivity contribution >= 4 is 28.9 Å². The maximum Gasteiger partial charge on any atom is 0.174 e. The van der Waals surface area contributed by atoms with E-state index in [0.717, 1.165) is 0 Å². The van der Waals surface area contributed by atoms with Gasteiger partial charge in [0.05, 0.1) is 32.1 Å². The van der Waals surface area contributed by atoms with Crippen molar-refractivity contribution in [2.24, 2.45) is 5.18 Å². The van der Waals surface area contributed by atoms with Gasteiger partial charge in [-0.2, -0.15) is 0 Å². The van der Waals surface area contributed by atoms with Gasteiger partial charge in [0.2, 0.25) is 0 Å². The number of rotatable bonds is 7. The van der Waals surface area contributed by atoms with Gasteiger partial charge in [-0.15, -0.1) is 16.5 Å². The second-order valence-electron chi connectivity index (χ2n) is 3.59. The van der Waals surface area contributed by atoms with Crippen LogP contribution in [0.1, 0.15) is 16.8 Å². The van der Waals surface area contributed by atoms with Gasteiger partial charge in [-0.1, -0.05) is 0 Å². The van der Waals surface area contributed by atoms with E-state index in [1.54, 1.807) is 0 Å². The highest BCUT2D eigenvalue weighted by atomic mass is 35.5. The van der Waals surface area contributed by atoms with Crippen LogP contribution >= 0.6 is 11.6 Å². The van der Waals surface area contributed by atoms with Gasteiger partial charge >= 0.3 is 0 Å². The summed E-state index contributed by atoms with van der Waals surface area (Å²) in [6.45, 7) is 0. The monoisotopic (exact) mass is 285 g/mol. The first-order valence-corrected chi connectivity index (χ1v) is 5.81. The smallest absolute Gasteiger partial charge is 0.174 e. The summed E-state index contributed by atoms with van der Waals surface area (Å²) in [5.41, 5.74) is -0.00145. The molecule has 0 aliphatic rings. The van der Waals surface area contributed by atoms with Gasteiger partial charge in [0.25, 0.3) is 0 Å². The van der Waals surface area contributed by atoms with Crippen LogP contribution in [0, 0.1) is 4.91 Å². The molecule has 19 heavy (non-hydrogen) atoms. The third kappa shape index (κ3) is 3.51. The number of carbonyl (C=O) groups is 2. The lowest BCUT2D eigenvalue weighted by molar-refractivity contribution is -0.115. The summed E-state index contributed by atoms with van der Waals surface area (Å²) >= 11 is 5.35. The molecule has 0 saturated heterocycles. The summed E-state index contributed by atoms with van der Waals surface area (Å²) in [5, 5.41) is 2.77. The molecule has 0 atom stereocenters. The Bertz CT molecular complexity index is 515. The Kier molecular flexibility index (Phi) is 5.44. The van der Waals surface area contributed by atoms with Crippen LogP contribution in [-0.4, -0.2) is 31.7 Å². The van der Waals surface area contributed by atoms with E-state index < -0.39 is 11.6 Å². The number of Topliss-reactive ketones (excluding diaryl/α,β-unsaturated/α-hetero) is 2. The molecular weight excluding hydrogens is 274 g/mol. The van der Waals surface area contributed by atoms with E-state index in [1.807, 2.05) is 0 Å². The molecule has 0 unspecified atom stereocenters. The maximum absolute atomic E-state index is 12.0. The number of carbonyl (C=O) groups excluding carboxylic acids is 2. The van der Waals surface area contributed by atoms with Crippen LogP contribution in [0.3, 0.4) is 0 Å². The number of benzene rings is 1. The molecule has 0 aliphatic heterocycles. The molecular formula is C12H12ClNO5. The normalized spacial score (nSPS) is 9.84. The number of nitrogens with zero attached hydrogens (tertiary/aromatic N) is 1. The molecule has 0 N–H and O–H groups in total. The van der Waals surface area contributed by atoms with Crippen molar-refractivity contribution in [3.63, 3.8) is 0 Å². The van der Waals surface area contributed by atoms with Gasteiger partial charge in [0.1, 0.15) is 5.75 Å². The number of methoxy groups -OCH3 is 2. The highest BCUT2D eigenvalue weighted by Gasteiger charge is 2.20. The third-order valence-corrected chi connectivity index (χ3v) is 2.69. The van der Waals surface area contributed by atoms with Gasteiger partial charge in [-0.3, -0.25) is 9.59 Å². The van der Waals surface area contributed by atoms with Crippen molar-refractivity contribution in [2.75, 3.05) is 20.1 Å². The minimum Gasteiger partial charge on any atom is -0.497 e. The summed E-state index contributed by atoms with van der Waals surface area (Å²) in [4.78, 5) is 33.9. The molecule has 0 heterocycles. The molecule has 1 aromatic carbocycles. The average Bonchev–Trinajstić information content (AvgIpc) is 2.45. The minimum absolute atomic E-state index is 0.0168. The van der Waals surface area contributed by atoms with Crippen LogP contribution < -0.4 is 9.47 Å². The molecule has 1 rings (SSSR count). The molecule has 1 aromatic rings. The molecule has 6 nitrogen and oxygen atoms in total. The fourth-order valence-corrected chi connectivity index (χ4v) is 1.61. The number of halogens is 1. The summed E-state index contributed by atoms with van der Waals surface area (Å²) in [6, 6.07) is 2.73. The van der Waals surface area contributed by atoms with Crippen molar-refractivity contribution in [1.82, 2.24) is 0 Å². The predicted molar refractivity (Wildman–Crippen MR) is 69.7 cm³/mol. The Balaban J connectivity index is 3.27. The first-order valence-electron chi connectivity index (χ1n) is 5.27. The van der Waals surface area contributed by atoms with Crippen molar-refractivity contribution in [3.8, 4) is 11.5 Å². The largest absolute Gasteiger partial charge is 0.497 e. The second kappa shape index (κ2) is 6.84. The summed E-state index contributed by atoms with van der Waals surface area (Å²) in [7, 11) is 2.69. The van der Waals surface area contributed by atoms with Gasteiger partial charge in [-0.25, -0.2) is 0 Å². The number of nitroso groups, excluding NO2 is 1. The van der Waals surface area contributed by atoms with Gasteiger partial charge in [0.15, 0.2) is 23.0 Å². The molecule has 102 valence electrons. The quantitative estimate of drug-likeness (QED) is 0.333. The zero-order chi connectivity index (χ0) is 14.4. The van der Waals surface area contributed by atoms with E-state index in [1.165, 1.54) is 26.4 Å². The number of hydrogen-bond donors (Lipinski definition) is 0. The summed E-state index contributed by atoms with van der Waals surface area (Å²) in [5.74, 6) is -0.889. The molecule has 0 aromatic heterocycles. The first kappa shape index (κ1) is 15.1. The van der Waals surface area contributed by atoms with Crippen LogP contribution in [0.25, 0.3) is 0 Å². The van der Waals surface area contributed by atoms with E-state index in [4.69, 9.17) is 21.1 Å². The van der Waals surface area contributed by atoms with Crippen molar-refractivity contribution in [1.29, 1.82) is 0 Å². The second-order valence-corrected chi connectivity index (χ2v) is 3.86. The lowest BCUT2D eigenvalue weighted by Crippen LogP contribution is -2.10. The average molecular weight is 286 g/mol. The third-order valence-electron chi connectivity index (χ3n) is 2.39. The Labute approximate surface area is 114 Å². The van der Waals surface area contributed by atoms with Gasteiger partial charge < -0.3 is 9.47 Å². The van der Waals surface area contributed by atoms with Crippen LogP contribution in [0.5, 0.6) is 11.5 Å². The Morgan fingerprint density at radius 2 is 1.95 bits per heavy atom. The lowest BCUT2D eigenvalue weighted by atomic mass is 10.0. The molecule has 0 saturated carbocycles. The van der Waals surface area contributed by atoms with Gasteiger partial charge in [-0.05, 0) is 11.2 Å². The highest BCUT2D eigenvalue weighted by molar-refractivity contribution is 6.29. The number of hydrogen-bond acceptors (Lipinski definition) is 6. The van der Waals surface area contributed by atoms with Crippen LogP contribution in [0.2, 0.25) is 0 Å².